The van der Waals surface area contributed by atoms with Crippen molar-refractivity contribution in [3.63, 3.8) is 0 Å². The zero-order chi connectivity index (χ0) is 14.3. The summed E-state index contributed by atoms with van der Waals surface area (Å²) in [5.74, 6) is 0. The van der Waals surface area contributed by atoms with Crippen LogP contribution in [-0.4, -0.2) is 14.3 Å². The molecule has 3 rings (SSSR count). The van der Waals surface area contributed by atoms with Crippen LogP contribution >= 0.6 is 23.6 Å². The second-order valence-corrected chi connectivity index (χ2v) is 6.04. The average molecular weight is 303 g/mol. The van der Waals surface area contributed by atoms with Gasteiger partial charge < -0.3 is 4.98 Å². The summed E-state index contributed by atoms with van der Waals surface area (Å²) in [6.07, 6.45) is 0. The lowest BCUT2D eigenvalue weighted by atomic mass is 10.2. The van der Waals surface area contributed by atoms with Gasteiger partial charge in [0.2, 0.25) is 0 Å². The summed E-state index contributed by atoms with van der Waals surface area (Å²) in [6.45, 7) is 1.94. The first-order chi connectivity index (χ1) is 9.59. The van der Waals surface area contributed by atoms with Crippen LogP contribution in [0.1, 0.15) is 5.69 Å². The van der Waals surface area contributed by atoms with Gasteiger partial charge in [-0.15, -0.1) is 11.3 Å². The molecule has 2 aromatic heterocycles. The molecule has 0 aliphatic heterocycles. The number of H-pyrrole nitrogens is 1. The van der Waals surface area contributed by atoms with Crippen molar-refractivity contribution >= 4 is 23.6 Å². The Morgan fingerprint density at radius 3 is 2.55 bits per heavy atom. The van der Waals surface area contributed by atoms with E-state index in [1.54, 1.807) is 4.68 Å². The van der Waals surface area contributed by atoms with Crippen LogP contribution < -0.4 is 5.56 Å². The third-order valence-corrected chi connectivity index (χ3v) is 4.40. The van der Waals surface area contributed by atoms with Gasteiger partial charge in [-0.25, -0.2) is 4.68 Å². The fraction of sp³-hybridized carbons (Fsp3) is 0.143. The van der Waals surface area contributed by atoms with E-state index in [2.05, 4.69) is 4.98 Å². The minimum atomic E-state index is -0.0414. The third-order valence-electron chi connectivity index (χ3n) is 3.34. The Bertz CT molecular complexity index is 868. The summed E-state index contributed by atoms with van der Waals surface area (Å²) in [5, 5.41) is 1.89. The Hall–Kier alpha value is -1.92. The van der Waals surface area contributed by atoms with E-state index in [-0.39, 0.29) is 5.56 Å². The Kier molecular flexibility index (Phi) is 3.19. The summed E-state index contributed by atoms with van der Waals surface area (Å²) in [5.41, 5.74) is 3.17. The molecule has 0 unspecified atom stereocenters. The molecule has 0 spiro atoms. The van der Waals surface area contributed by atoms with Crippen molar-refractivity contribution in [2.75, 3.05) is 0 Å². The quantitative estimate of drug-likeness (QED) is 0.738. The lowest BCUT2D eigenvalue weighted by Crippen LogP contribution is -2.20. The van der Waals surface area contributed by atoms with Crippen LogP contribution in [0.2, 0.25) is 0 Å². The van der Waals surface area contributed by atoms with Crippen molar-refractivity contribution in [3.05, 3.63) is 55.7 Å². The second-order valence-electron chi connectivity index (χ2n) is 4.50. The molecule has 3 aromatic rings. The van der Waals surface area contributed by atoms with E-state index in [9.17, 15) is 4.79 Å². The van der Waals surface area contributed by atoms with Crippen molar-refractivity contribution in [2.24, 2.45) is 7.05 Å². The Morgan fingerprint density at radius 2 is 1.95 bits per heavy atom. The zero-order valence-electron chi connectivity index (χ0n) is 11.1. The van der Waals surface area contributed by atoms with Gasteiger partial charge in [-0.05, 0) is 31.3 Å². The highest BCUT2D eigenvalue weighted by Crippen LogP contribution is 2.21. The van der Waals surface area contributed by atoms with E-state index in [0.717, 1.165) is 17.1 Å². The van der Waals surface area contributed by atoms with Crippen LogP contribution in [0, 0.1) is 10.9 Å². The molecule has 0 saturated heterocycles. The highest BCUT2D eigenvalue weighted by atomic mass is 32.1. The van der Waals surface area contributed by atoms with Gasteiger partial charge >= 0.3 is 0 Å². The monoisotopic (exact) mass is 303 g/mol. The third kappa shape index (κ3) is 1.97. The molecule has 4 nitrogen and oxygen atoms in total. The van der Waals surface area contributed by atoms with E-state index in [0.29, 0.717) is 9.52 Å². The lowest BCUT2D eigenvalue weighted by molar-refractivity contribution is 0.630. The van der Waals surface area contributed by atoms with Gasteiger partial charge in [0.05, 0.1) is 16.9 Å². The van der Waals surface area contributed by atoms with Crippen molar-refractivity contribution in [1.29, 1.82) is 0 Å². The van der Waals surface area contributed by atoms with Crippen LogP contribution in [0.25, 0.3) is 16.9 Å². The second kappa shape index (κ2) is 4.88. The highest BCUT2D eigenvalue weighted by Gasteiger charge is 2.18. The van der Waals surface area contributed by atoms with E-state index in [4.69, 9.17) is 12.2 Å². The number of benzene rings is 1. The molecule has 0 radical (unpaired) electrons. The molecular formula is C14H13N3OS2. The number of nitrogens with one attached hydrogen (secondary N) is 1. The summed E-state index contributed by atoms with van der Waals surface area (Å²) in [6, 6.07) is 9.60. The first-order valence-corrected chi connectivity index (χ1v) is 7.40. The van der Waals surface area contributed by atoms with Gasteiger partial charge in [-0.2, -0.15) is 0 Å². The number of para-hydroxylation sites is 1. The number of thiazole rings is 1. The van der Waals surface area contributed by atoms with Crippen molar-refractivity contribution in [3.8, 4) is 16.9 Å². The van der Waals surface area contributed by atoms with Gasteiger partial charge in [0.25, 0.3) is 5.56 Å². The molecule has 0 amide bonds. The molecule has 1 aromatic carbocycles. The molecule has 0 aliphatic rings. The number of hydrogen-bond acceptors (Lipinski definition) is 3. The van der Waals surface area contributed by atoms with Crippen LogP contribution in [-0.2, 0) is 7.05 Å². The molecule has 102 valence electrons. The van der Waals surface area contributed by atoms with Crippen LogP contribution in [0.4, 0.5) is 0 Å². The number of aromatic nitrogens is 3. The first kappa shape index (κ1) is 13.1. The largest absolute Gasteiger partial charge is 0.337 e. The predicted octanol–water partition coefficient (Wildman–Crippen LogP) is 3.27. The molecule has 0 saturated carbocycles. The maximum Gasteiger partial charge on any atom is 0.281 e. The van der Waals surface area contributed by atoms with Crippen LogP contribution in [0.3, 0.4) is 0 Å². The minimum Gasteiger partial charge on any atom is -0.337 e. The van der Waals surface area contributed by atoms with Gasteiger partial charge in [-0.1, -0.05) is 18.2 Å². The first-order valence-electron chi connectivity index (χ1n) is 6.12. The molecular weight excluding hydrogens is 290 g/mol. The highest BCUT2D eigenvalue weighted by molar-refractivity contribution is 7.73. The van der Waals surface area contributed by atoms with E-state index in [1.807, 2.05) is 54.4 Å². The van der Waals surface area contributed by atoms with E-state index in [1.165, 1.54) is 11.3 Å². The summed E-state index contributed by atoms with van der Waals surface area (Å²) in [7, 11) is 1.88. The summed E-state index contributed by atoms with van der Waals surface area (Å²) in [4.78, 5) is 15.8. The van der Waals surface area contributed by atoms with Crippen molar-refractivity contribution in [1.82, 2.24) is 14.3 Å². The summed E-state index contributed by atoms with van der Waals surface area (Å²) < 4.78 is 4.20. The predicted molar refractivity (Wildman–Crippen MR) is 84.2 cm³/mol. The maximum atomic E-state index is 12.7. The average Bonchev–Trinajstić information content (AvgIpc) is 2.94. The molecule has 6 heteroatoms. The van der Waals surface area contributed by atoms with Gasteiger partial charge in [0.15, 0.2) is 3.95 Å². The number of aromatic amines is 1. The molecule has 2 heterocycles. The lowest BCUT2D eigenvalue weighted by Gasteiger charge is -2.07. The van der Waals surface area contributed by atoms with E-state index < -0.39 is 0 Å². The number of nitrogens with zero attached hydrogens (tertiary/aromatic N) is 2. The Labute approximate surface area is 124 Å². The topological polar surface area (TPSA) is 42.7 Å². The Balaban J connectivity index is 2.30. The molecule has 0 aliphatic carbocycles. The minimum absolute atomic E-state index is 0.0414. The molecule has 0 atom stereocenters. The summed E-state index contributed by atoms with van der Waals surface area (Å²) >= 11 is 6.53. The molecule has 1 N–H and O–H groups in total. The van der Waals surface area contributed by atoms with Crippen LogP contribution in [0.5, 0.6) is 0 Å². The maximum absolute atomic E-state index is 12.7. The standard InChI is InChI=1S/C14H13N3OS2/c1-9-12(11-8-20-14(19)15-11)13(18)17(16(9)2)10-6-4-3-5-7-10/h3-8H,1-2H3,(H,15,19). The van der Waals surface area contributed by atoms with Gasteiger partial charge in [-0.3, -0.25) is 9.48 Å². The number of rotatable bonds is 2. The SMILES string of the molecule is Cc1c(-c2csc(=S)[nH]2)c(=O)n(-c2ccccc2)n1C. The fourth-order valence-corrected chi connectivity index (χ4v) is 3.11. The van der Waals surface area contributed by atoms with Gasteiger partial charge in [0, 0.05) is 18.1 Å². The Morgan fingerprint density at radius 1 is 1.25 bits per heavy atom. The fourth-order valence-electron chi connectivity index (χ4n) is 2.28. The molecule has 0 bridgehead atoms. The molecule has 0 fully saturated rings. The van der Waals surface area contributed by atoms with Crippen LogP contribution in [0.15, 0.2) is 40.5 Å². The molecule has 20 heavy (non-hydrogen) atoms. The normalized spacial score (nSPS) is 10.9. The van der Waals surface area contributed by atoms with Gasteiger partial charge in [0.1, 0.15) is 0 Å². The smallest absolute Gasteiger partial charge is 0.281 e. The number of hydrogen-bond donors (Lipinski definition) is 1. The van der Waals surface area contributed by atoms with Crippen molar-refractivity contribution < 1.29 is 0 Å². The van der Waals surface area contributed by atoms with E-state index >= 15 is 0 Å². The van der Waals surface area contributed by atoms with Crippen molar-refractivity contribution in [2.45, 2.75) is 6.92 Å². The zero-order valence-corrected chi connectivity index (χ0v) is 12.7.